The van der Waals surface area contributed by atoms with Crippen LogP contribution in [0.3, 0.4) is 0 Å². The lowest BCUT2D eigenvalue weighted by atomic mass is 10.2. The predicted molar refractivity (Wildman–Crippen MR) is 120 cm³/mol. The molecule has 1 N–H and O–H groups in total. The number of thiocarbonyl (C=S) groups is 1. The standard InChI is InChI=1S/C21H19ClN2O2S2/c1-14-4-2-5-17(12-14)23-19(25)6-3-11-24-20(26)18(28-21(24)27)13-15-7-9-16(22)10-8-15/h2,4-5,7-10,12-13H,3,6,11H2,1H3,(H,23,25)/b18-13-. The Balaban J connectivity index is 1.53. The molecule has 144 valence electrons. The van der Waals surface area contributed by atoms with Gasteiger partial charge in [-0.1, -0.05) is 59.8 Å². The summed E-state index contributed by atoms with van der Waals surface area (Å²) in [5, 5.41) is 3.52. The highest BCUT2D eigenvalue weighted by atomic mass is 35.5. The molecule has 2 amide bonds. The van der Waals surface area contributed by atoms with E-state index in [1.165, 1.54) is 11.8 Å². The van der Waals surface area contributed by atoms with Gasteiger partial charge in [-0.2, -0.15) is 0 Å². The molecule has 1 saturated heterocycles. The number of halogens is 1. The van der Waals surface area contributed by atoms with Crippen LogP contribution in [0, 0.1) is 6.92 Å². The smallest absolute Gasteiger partial charge is 0.266 e. The summed E-state index contributed by atoms with van der Waals surface area (Å²) in [6, 6.07) is 14.9. The molecule has 0 atom stereocenters. The first kappa shape index (κ1) is 20.6. The zero-order valence-electron chi connectivity index (χ0n) is 15.3. The SMILES string of the molecule is Cc1cccc(NC(=O)CCCN2C(=O)/C(=C/c3ccc(Cl)cc3)SC2=S)c1. The number of carbonyl (C=O) groups is 2. The fourth-order valence-electron chi connectivity index (χ4n) is 2.75. The van der Waals surface area contributed by atoms with Crippen molar-refractivity contribution in [1.82, 2.24) is 4.90 Å². The molecule has 28 heavy (non-hydrogen) atoms. The molecule has 0 bridgehead atoms. The second-order valence-electron chi connectivity index (χ2n) is 6.41. The molecule has 1 aliphatic heterocycles. The van der Waals surface area contributed by atoms with E-state index in [9.17, 15) is 9.59 Å². The van der Waals surface area contributed by atoms with Gasteiger partial charge in [0.2, 0.25) is 5.91 Å². The lowest BCUT2D eigenvalue weighted by Gasteiger charge is -2.14. The maximum atomic E-state index is 12.6. The second kappa shape index (κ2) is 9.37. The van der Waals surface area contributed by atoms with Crippen molar-refractivity contribution in [3.63, 3.8) is 0 Å². The highest BCUT2D eigenvalue weighted by Crippen LogP contribution is 2.32. The average Bonchev–Trinajstić information content (AvgIpc) is 2.91. The van der Waals surface area contributed by atoms with E-state index in [2.05, 4.69) is 5.32 Å². The van der Waals surface area contributed by atoms with Gasteiger partial charge in [-0.05, 0) is 54.8 Å². The van der Waals surface area contributed by atoms with E-state index >= 15 is 0 Å². The van der Waals surface area contributed by atoms with E-state index in [1.54, 1.807) is 23.1 Å². The minimum absolute atomic E-state index is 0.0762. The summed E-state index contributed by atoms with van der Waals surface area (Å²) in [5.74, 6) is -0.197. The van der Waals surface area contributed by atoms with E-state index in [4.69, 9.17) is 23.8 Å². The number of hydrogen-bond donors (Lipinski definition) is 1. The number of aryl methyl sites for hydroxylation is 1. The zero-order valence-corrected chi connectivity index (χ0v) is 17.7. The number of benzene rings is 2. The molecule has 0 aliphatic carbocycles. The van der Waals surface area contributed by atoms with Gasteiger partial charge in [0.15, 0.2) is 0 Å². The van der Waals surface area contributed by atoms with Crippen LogP contribution in [0.25, 0.3) is 6.08 Å². The molecular weight excluding hydrogens is 412 g/mol. The van der Waals surface area contributed by atoms with E-state index in [1.807, 2.05) is 43.3 Å². The Hall–Kier alpha value is -2.15. The van der Waals surface area contributed by atoms with E-state index < -0.39 is 0 Å². The summed E-state index contributed by atoms with van der Waals surface area (Å²) in [6.45, 7) is 2.40. The Labute approximate surface area is 178 Å². The van der Waals surface area contributed by atoms with Crippen molar-refractivity contribution < 1.29 is 9.59 Å². The van der Waals surface area contributed by atoms with Gasteiger partial charge >= 0.3 is 0 Å². The number of thioether (sulfide) groups is 1. The van der Waals surface area contributed by atoms with Crippen LogP contribution in [0.4, 0.5) is 5.69 Å². The summed E-state index contributed by atoms with van der Waals surface area (Å²) < 4.78 is 0.518. The summed E-state index contributed by atoms with van der Waals surface area (Å²) in [7, 11) is 0. The number of amides is 2. The highest BCUT2D eigenvalue weighted by molar-refractivity contribution is 8.26. The minimum atomic E-state index is -0.121. The first-order valence-corrected chi connectivity index (χ1v) is 10.4. The van der Waals surface area contributed by atoms with Crippen molar-refractivity contribution in [2.45, 2.75) is 19.8 Å². The molecule has 0 saturated carbocycles. The number of nitrogens with one attached hydrogen (secondary N) is 1. The molecule has 2 aromatic rings. The number of nitrogens with zero attached hydrogens (tertiary/aromatic N) is 1. The maximum absolute atomic E-state index is 12.6. The van der Waals surface area contributed by atoms with Gasteiger partial charge < -0.3 is 5.32 Å². The van der Waals surface area contributed by atoms with Gasteiger partial charge in [0, 0.05) is 23.7 Å². The van der Waals surface area contributed by atoms with E-state index in [-0.39, 0.29) is 11.8 Å². The van der Waals surface area contributed by atoms with Gasteiger partial charge in [0.05, 0.1) is 4.91 Å². The molecule has 0 aromatic heterocycles. The Morgan fingerprint density at radius 1 is 1.25 bits per heavy atom. The van der Waals surface area contributed by atoms with Gasteiger partial charge in [-0.3, -0.25) is 14.5 Å². The summed E-state index contributed by atoms with van der Waals surface area (Å²) in [5.41, 5.74) is 2.76. The second-order valence-corrected chi connectivity index (χ2v) is 8.52. The third kappa shape index (κ3) is 5.44. The zero-order chi connectivity index (χ0) is 20.1. The van der Waals surface area contributed by atoms with Gasteiger partial charge in [0.1, 0.15) is 4.32 Å². The Bertz CT molecular complexity index is 942. The molecule has 4 nitrogen and oxygen atoms in total. The van der Waals surface area contributed by atoms with Gasteiger partial charge in [-0.25, -0.2) is 0 Å². The van der Waals surface area contributed by atoms with Crippen LogP contribution in [-0.4, -0.2) is 27.6 Å². The van der Waals surface area contributed by atoms with Gasteiger partial charge in [-0.15, -0.1) is 0 Å². The van der Waals surface area contributed by atoms with Crippen LogP contribution in [0.1, 0.15) is 24.0 Å². The van der Waals surface area contributed by atoms with Crippen molar-refractivity contribution in [2.24, 2.45) is 0 Å². The van der Waals surface area contributed by atoms with Crippen LogP contribution in [0.5, 0.6) is 0 Å². The highest BCUT2D eigenvalue weighted by Gasteiger charge is 2.31. The Kier molecular flexibility index (Phi) is 6.88. The molecule has 2 aromatic carbocycles. The Morgan fingerprint density at radius 3 is 2.71 bits per heavy atom. The first-order chi connectivity index (χ1) is 13.4. The maximum Gasteiger partial charge on any atom is 0.266 e. The third-order valence-corrected chi connectivity index (χ3v) is 5.76. The number of rotatable bonds is 6. The summed E-state index contributed by atoms with van der Waals surface area (Å²) in [4.78, 5) is 26.9. The van der Waals surface area contributed by atoms with E-state index in [0.29, 0.717) is 33.6 Å². The van der Waals surface area contributed by atoms with Crippen LogP contribution < -0.4 is 5.32 Å². The van der Waals surface area contributed by atoms with Crippen molar-refractivity contribution in [1.29, 1.82) is 0 Å². The Morgan fingerprint density at radius 2 is 2.00 bits per heavy atom. The number of hydrogen-bond acceptors (Lipinski definition) is 4. The lowest BCUT2D eigenvalue weighted by molar-refractivity contribution is -0.122. The fourth-order valence-corrected chi connectivity index (χ4v) is 4.18. The minimum Gasteiger partial charge on any atom is -0.326 e. The topological polar surface area (TPSA) is 49.4 Å². The molecular formula is C21H19ClN2O2S2. The lowest BCUT2D eigenvalue weighted by Crippen LogP contribution is -2.29. The van der Waals surface area contributed by atoms with Crippen LogP contribution in [0.2, 0.25) is 5.02 Å². The molecule has 3 rings (SSSR count). The van der Waals surface area contributed by atoms with Crippen LogP contribution in [-0.2, 0) is 9.59 Å². The largest absolute Gasteiger partial charge is 0.326 e. The molecule has 7 heteroatoms. The van der Waals surface area contributed by atoms with Crippen LogP contribution >= 0.6 is 35.6 Å². The quantitative estimate of drug-likeness (QED) is 0.501. The van der Waals surface area contributed by atoms with Crippen LogP contribution in [0.15, 0.2) is 53.4 Å². The molecule has 0 spiro atoms. The molecule has 1 aliphatic rings. The van der Waals surface area contributed by atoms with Crippen molar-refractivity contribution in [3.8, 4) is 0 Å². The van der Waals surface area contributed by atoms with Crippen molar-refractivity contribution in [3.05, 3.63) is 69.6 Å². The first-order valence-electron chi connectivity index (χ1n) is 8.80. The average molecular weight is 431 g/mol. The predicted octanol–water partition coefficient (Wildman–Crippen LogP) is 5.27. The third-order valence-electron chi connectivity index (χ3n) is 4.13. The summed E-state index contributed by atoms with van der Waals surface area (Å²) in [6.07, 6.45) is 2.67. The molecule has 0 radical (unpaired) electrons. The number of carbonyl (C=O) groups excluding carboxylic acids is 2. The van der Waals surface area contributed by atoms with Crippen molar-refractivity contribution in [2.75, 3.05) is 11.9 Å². The normalized spacial score (nSPS) is 15.4. The van der Waals surface area contributed by atoms with Gasteiger partial charge in [0.25, 0.3) is 5.91 Å². The molecule has 1 heterocycles. The molecule has 1 fully saturated rings. The molecule has 0 unspecified atom stereocenters. The van der Waals surface area contributed by atoms with E-state index in [0.717, 1.165) is 16.8 Å². The van der Waals surface area contributed by atoms with Crippen molar-refractivity contribution >= 4 is 63.5 Å². The monoisotopic (exact) mass is 430 g/mol. The summed E-state index contributed by atoms with van der Waals surface area (Å²) >= 11 is 12.5. The fraction of sp³-hybridized carbons (Fsp3) is 0.190. The number of anilines is 1.